The molecule has 3 aromatic rings. The lowest BCUT2D eigenvalue weighted by molar-refractivity contribution is -0.129. The van der Waals surface area contributed by atoms with E-state index in [0.717, 1.165) is 16.5 Å². The van der Waals surface area contributed by atoms with Crippen molar-refractivity contribution in [3.8, 4) is 5.75 Å². The number of H-pyrrole nitrogens is 1. The van der Waals surface area contributed by atoms with Gasteiger partial charge in [-0.15, -0.1) is 0 Å². The van der Waals surface area contributed by atoms with Gasteiger partial charge in [-0.25, -0.2) is 0 Å². The zero-order chi connectivity index (χ0) is 21.4. The number of carbonyl (C=O) groups excluding carboxylic acids is 2. The fourth-order valence-electron chi connectivity index (χ4n) is 4.03. The molecule has 0 fully saturated rings. The molecule has 6 nitrogen and oxygen atoms in total. The predicted molar refractivity (Wildman–Crippen MR) is 114 cm³/mol. The summed E-state index contributed by atoms with van der Waals surface area (Å²) in [4.78, 5) is 30.5. The number of fused-ring (bicyclic) bond motifs is 1. The zero-order valence-electron chi connectivity index (χ0n) is 16.9. The van der Waals surface area contributed by atoms with E-state index in [1.807, 2.05) is 30.5 Å². The SMILES string of the molecule is CC(C)C(=O)C1=C(O)C(=O)N(CCc2c[nH]c3ccccc23)C1c1ccc(O)cc1. The van der Waals surface area contributed by atoms with Gasteiger partial charge in [-0.1, -0.05) is 44.2 Å². The monoisotopic (exact) mass is 404 g/mol. The molecule has 3 N–H and O–H groups in total. The van der Waals surface area contributed by atoms with Crippen LogP contribution in [-0.4, -0.2) is 38.3 Å². The Morgan fingerprint density at radius 3 is 2.50 bits per heavy atom. The standard InChI is InChI=1S/C24H24N2O4/c1-14(2)22(28)20-21(15-7-9-17(27)10-8-15)26(24(30)23(20)29)12-11-16-13-25-19-6-4-3-5-18(16)19/h3-10,13-14,21,25,27,29H,11-12H2,1-2H3. The van der Waals surface area contributed by atoms with E-state index in [4.69, 9.17) is 0 Å². The van der Waals surface area contributed by atoms with Crippen LogP contribution >= 0.6 is 0 Å². The van der Waals surface area contributed by atoms with Crippen LogP contribution in [0.1, 0.15) is 31.0 Å². The molecular formula is C24H24N2O4. The summed E-state index contributed by atoms with van der Waals surface area (Å²) in [6.45, 7) is 3.83. The molecule has 2 heterocycles. The van der Waals surface area contributed by atoms with Gasteiger partial charge in [0, 0.05) is 29.6 Å². The molecule has 0 bridgehead atoms. The van der Waals surface area contributed by atoms with Gasteiger partial charge >= 0.3 is 0 Å². The van der Waals surface area contributed by atoms with Crippen LogP contribution < -0.4 is 0 Å². The lowest BCUT2D eigenvalue weighted by atomic mass is 9.91. The predicted octanol–water partition coefficient (Wildman–Crippen LogP) is 4.04. The minimum absolute atomic E-state index is 0.0957. The lowest BCUT2D eigenvalue weighted by Gasteiger charge is -2.27. The summed E-state index contributed by atoms with van der Waals surface area (Å²) >= 11 is 0. The average molecular weight is 404 g/mol. The second-order valence-corrected chi connectivity index (χ2v) is 7.88. The smallest absolute Gasteiger partial charge is 0.290 e. The quantitative estimate of drug-likeness (QED) is 0.578. The second-order valence-electron chi connectivity index (χ2n) is 7.88. The van der Waals surface area contributed by atoms with Gasteiger partial charge in [0.15, 0.2) is 11.5 Å². The Balaban J connectivity index is 1.69. The molecule has 154 valence electrons. The number of para-hydroxylation sites is 1. The van der Waals surface area contributed by atoms with Crippen molar-refractivity contribution in [1.29, 1.82) is 0 Å². The summed E-state index contributed by atoms with van der Waals surface area (Å²) in [5.74, 6) is -1.54. The number of benzene rings is 2. The number of carbonyl (C=O) groups is 2. The molecule has 0 saturated carbocycles. The van der Waals surface area contributed by atoms with Gasteiger partial charge in [-0.2, -0.15) is 0 Å². The first-order chi connectivity index (χ1) is 14.4. The Labute approximate surface area is 174 Å². The number of rotatable bonds is 6. The summed E-state index contributed by atoms with van der Waals surface area (Å²) in [7, 11) is 0. The second kappa shape index (κ2) is 7.71. The first-order valence-corrected chi connectivity index (χ1v) is 10.0. The third kappa shape index (κ3) is 3.34. The highest BCUT2D eigenvalue weighted by molar-refractivity contribution is 6.09. The molecule has 1 unspecified atom stereocenters. The maximum atomic E-state index is 12.9. The average Bonchev–Trinajstić information content (AvgIpc) is 3.26. The van der Waals surface area contributed by atoms with Crippen LogP contribution in [0.3, 0.4) is 0 Å². The minimum atomic E-state index is -0.682. The maximum Gasteiger partial charge on any atom is 0.290 e. The first-order valence-electron chi connectivity index (χ1n) is 10.0. The summed E-state index contributed by atoms with van der Waals surface area (Å²) in [5, 5.41) is 21.3. The Morgan fingerprint density at radius 1 is 1.10 bits per heavy atom. The molecule has 4 rings (SSSR count). The van der Waals surface area contributed by atoms with E-state index in [1.54, 1.807) is 30.9 Å². The van der Waals surface area contributed by atoms with Gasteiger partial charge < -0.3 is 20.1 Å². The number of aromatic nitrogens is 1. The molecule has 0 aliphatic carbocycles. The number of aliphatic hydroxyl groups is 1. The maximum absolute atomic E-state index is 12.9. The van der Waals surface area contributed by atoms with Gasteiger partial charge in [0.1, 0.15) is 5.75 Å². The topological polar surface area (TPSA) is 93.6 Å². The summed E-state index contributed by atoms with van der Waals surface area (Å²) in [6, 6.07) is 13.6. The van der Waals surface area contributed by atoms with Crippen LogP contribution in [0.2, 0.25) is 0 Å². The van der Waals surface area contributed by atoms with Crippen LogP contribution in [-0.2, 0) is 16.0 Å². The molecule has 30 heavy (non-hydrogen) atoms. The van der Waals surface area contributed by atoms with Crippen molar-refractivity contribution in [1.82, 2.24) is 9.88 Å². The summed E-state index contributed by atoms with van der Waals surface area (Å²) in [5.41, 5.74) is 2.88. The number of hydrogen-bond donors (Lipinski definition) is 3. The molecule has 1 atom stereocenters. The minimum Gasteiger partial charge on any atom is -0.508 e. The van der Waals surface area contributed by atoms with Crippen LogP contribution in [0.25, 0.3) is 10.9 Å². The van der Waals surface area contributed by atoms with Gasteiger partial charge in [0.2, 0.25) is 0 Å². The number of amides is 1. The first kappa shape index (κ1) is 19.8. The van der Waals surface area contributed by atoms with E-state index in [2.05, 4.69) is 4.98 Å². The summed E-state index contributed by atoms with van der Waals surface area (Å²) < 4.78 is 0. The summed E-state index contributed by atoms with van der Waals surface area (Å²) in [6.07, 6.45) is 2.50. The number of Topliss-reactive ketones (excluding diaryl/α,β-unsaturated/α-hetero) is 1. The molecule has 2 aromatic carbocycles. The Morgan fingerprint density at radius 2 is 1.80 bits per heavy atom. The van der Waals surface area contributed by atoms with Crippen molar-refractivity contribution in [3.63, 3.8) is 0 Å². The van der Waals surface area contributed by atoms with Gasteiger partial charge in [-0.05, 0) is 35.7 Å². The van der Waals surface area contributed by atoms with Crippen molar-refractivity contribution in [2.45, 2.75) is 26.3 Å². The molecule has 0 saturated heterocycles. The lowest BCUT2D eigenvalue weighted by Crippen LogP contribution is -2.33. The molecule has 6 heteroatoms. The Hall–Kier alpha value is -3.54. The number of hydrogen-bond acceptors (Lipinski definition) is 4. The van der Waals surface area contributed by atoms with Crippen LogP contribution in [0.4, 0.5) is 0 Å². The number of aromatic hydroxyl groups is 1. The molecular weight excluding hydrogens is 380 g/mol. The number of aromatic amines is 1. The Kier molecular flexibility index (Phi) is 5.08. The van der Waals surface area contributed by atoms with Crippen LogP contribution in [0.15, 0.2) is 66.1 Å². The van der Waals surface area contributed by atoms with E-state index in [9.17, 15) is 19.8 Å². The normalized spacial score (nSPS) is 16.8. The molecule has 1 amide bonds. The molecule has 1 aromatic heterocycles. The fourth-order valence-corrected chi connectivity index (χ4v) is 4.03. The number of nitrogens with one attached hydrogen (secondary N) is 1. The van der Waals surface area contributed by atoms with Crippen molar-refractivity contribution in [2.24, 2.45) is 5.92 Å². The fraction of sp³-hybridized carbons (Fsp3) is 0.250. The number of phenolic OH excluding ortho intramolecular Hbond substituents is 1. The highest BCUT2D eigenvalue weighted by Gasteiger charge is 2.43. The van der Waals surface area contributed by atoms with Crippen molar-refractivity contribution >= 4 is 22.6 Å². The van der Waals surface area contributed by atoms with Gasteiger partial charge in [-0.3, -0.25) is 9.59 Å². The molecule has 1 aliphatic rings. The largest absolute Gasteiger partial charge is 0.508 e. The van der Waals surface area contributed by atoms with Gasteiger partial charge in [0.25, 0.3) is 5.91 Å². The van der Waals surface area contributed by atoms with E-state index in [1.165, 1.54) is 12.1 Å². The highest BCUT2D eigenvalue weighted by Crippen LogP contribution is 2.39. The molecule has 0 radical (unpaired) electrons. The van der Waals surface area contributed by atoms with Crippen LogP contribution in [0.5, 0.6) is 5.75 Å². The van der Waals surface area contributed by atoms with E-state index in [-0.39, 0.29) is 23.0 Å². The number of aliphatic hydroxyl groups excluding tert-OH is 1. The van der Waals surface area contributed by atoms with Gasteiger partial charge in [0.05, 0.1) is 11.6 Å². The third-order valence-corrected chi connectivity index (χ3v) is 5.60. The van der Waals surface area contributed by atoms with Crippen molar-refractivity contribution in [3.05, 3.63) is 77.2 Å². The number of phenols is 1. The Bertz CT molecular complexity index is 1140. The zero-order valence-corrected chi connectivity index (χ0v) is 16.9. The third-order valence-electron chi connectivity index (χ3n) is 5.60. The number of ketones is 1. The highest BCUT2D eigenvalue weighted by atomic mass is 16.3. The van der Waals surface area contributed by atoms with E-state index in [0.29, 0.717) is 18.5 Å². The van der Waals surface area contributed by atoms with E-state index < -0.39 is 17.7 Å². The van der Waals surface area contributed by atoms with Crippen LogP contribution in [0, 0.1) is 5.92 Å². The molecule has 1 aliphatic heterocycles. The van der Waals surface area contributed by atoms with Crippen molar-refractivity contribution < 1.29 is 19.8 Å². The van der Waals surface area contributed by atoms with E-state index >= 15 is 0 Å². The van der Waals surface area contributed by atoms with Crippen molar-refractivity contribution in [2.75, 3.05) is 6.54 Å². The number of nitrogens with zero attached hydrogens (tertiary/aromatic N) is 1. The molecule has 0 spiro atoms.